The van der Waals surface area contributed by atoms with Gasteiger partial charge < -0.3 is 51.1 Å². The maximum Gasteiger partial charge on any atom is 0.161 e. The van der Waals surface area contributed by atoms with Gasteiger partial charge in [-0.1, -0.05) is 18.2 Å². The molecular formula is C36H30O10S. The fraction of sp³-hybridized carbons (Fsp3) is 0.0556. The molecule has 0 unspecified atom stereocenters. The monoisotopic (exact) mass is 654 g/mol. The van der Waals surface area contributed by atoms with Crippen molar-refractivity contribution in [3.8, 4) is 89.5 Å². The maximum atomic E-state index is 9.91. The van der Waals surface area contributed by atoms with Crippen LogP contribution in [-0.4, -0.2) is 51.1 Å². The van der Waals surface area contributed by atoms with Crippen molar-refractivity contribution in [2.75, 3.05) is 0 Å². The van der Waals surface area contributed by atoms with Gasteiger partial charge in [0.25, 0.3) is 0 Å². The lowest BCUT2D eigenvalue weighted by Gasteiger charge is -2.08. The first kappa shape index (κ1) is 32.2. The van der Waals surface area contributed by atoms with E-state index in [0.29, 0.717) is 28.7 Å². The lowest BCUT2D eigenvalue weighted by atomic mass is 10.0. The lowest BCUT2D eigenvalue weighted by molar-refractivity contribution is 0.394. The first-order valence-corrected chi connectivity index (χ1v) is 14.9. The number of phenols is 10. The molecule has 240 valence electrons. The molecule has 0 bridgehead atoms. The van der Waals surface area contributed by atoms with Crippen LogP contribution in [0.2, 0.25) is 0 Å². The van der Waals surface area contributed by atoms with Crippen LogP contribution in [0.1, 0.15) is 16.7 Å². The van der Waals surface area contributed by atoms with E-state index in [1.165, 1.54) is 53.8 Å². The molecule has 0 aliphatic carbocycles. The number of aromatic hydroxyl groups is 10. The quantitative estimate of drug-likeness (QED) is 0.0659. The van der Waals surface area contributed by atoms with Gasteiger partial charge in [0, 0.05) is 33.4 Å². The van der Waals surface area contributed by atoms with Crippen LogP contribution in [0.4, 0.5) is 0 Å². The van der Waals surface area contributed by atoms with Gasteiger partial charge in [0.1, 0.15) is 11.5 Å². The molecule has 0 spiro atoms. The summed E-state index contributed by atoms with van der Waals surface area (Å²) in [5.41, 5.74) is 4.72. The highest BCUT2D eigenvalue weighted by molar-refractivity contribution is 7.19. The Hall–Kier alpha value is -6.20. The molecule has 6 aromatic rings. The van der Waals surface area contributed by atoms with Crippen molar-refractivity contribution in [1.29, 1.82) is 0 Å². The van der Waals surface area contributed by atoms with Crippen LogP contribution in [0.3, 0.4) is 0 Å². The van der Waals surface area contributed by atoms with Gasteiger partial charge in [-0.15, -0.1) is 11.3 Å². The van der Waals surface area contributed by atoms with Gasteiger partial charge in [-0.05, 0) is 101 Å². The number of rotatable bonds is 5. The van der Waals surface area contributed by atoms with E-state index in [9.17, 15) is 51.1 Å². The van der Waals surface area contributed by atoms with Crippen LogP contribution < -0.4 is 0 Å². The molecule has 0 fully saturated rings. The largest absolute Gasteiger partial charge is 0.508 e. The van der Waals surface area contributed by atoms with Crippen LogP contribution >= 0.6 is 11.3 Å². The van der Waals surface area contributed by atoms with E-state index >= 15 is 0 Å². The van der Waals surface area contributed by atoms with Crippen molar-refractivity contribution in [1.82, 2.24) is 0 Å². The Bertz CT molecular complexity index is 2030. The molecule has 0 amide bonds. The van der Waals surface area contributed by atoms with E-state index < -0.39 is 0 Å². The second-order valence-electron chi connectivity index (χ2n) is 10.7. The predicted octanol–water partition coefficient (Wildman–Crippen LogP) is 7.39. The molecular weight excluding hydrogens is 624 g/mol. The molecule has 10 nitrogen and oxygen atoms in total. The van der Waals surface area contributed by atoms with Gasteiger partial charge in [-0.25, -0.2) is 0 Å². The molecule has 1 aromatic heterocycles. The average molecular weight is 655 g/mol. The van der Waals surface area contributed by atoms with Crippen LogP contribution in [0.25, 0.3) is 32.0 Å². The number of benzene rings is 5. The minimum absolute atomic E-state index is 0.0923. The second kappa shape index (κ2) is 13.0. The lowest BCUT2D eigenvalue weighted by Crippen LogP contribution is -1.90. The minimum atomic E-state index is -0.358. The van der Waals surface area contributed by atoms with Crippen LogP contribution in [-0.2, 0) is 6.42 Å². The number of hydrogen-bond donors (Lipinski definition) is 10. The fourth-order valence-electron chi connectivity index (χ4n) is 4.73. The van der Waals surface area contributed by atoms with Crippen LogP contribution in [0.15, 0.2) is 91.0 Å². The molecule has 0 radical (unpaired) electrons. The zero-order chi connectivity index (χ0) is 34.0. The van der Waals surface area contributed by atoms with Crippen molar-refractivity contribution < 1.29 is 51.1 Å². The Morgan fingerprint density at radius 1 is 0.426 bits per heavy atom. The molecule has 1 heterocycles. The Kier molecular flexibility index (Phi) is 8.93. The third-order valence-electron chi connectivity index (χ3n) is 7.36. The third-order valence-corrected chi connectivity index (χ3v) is 8.59. The van der Waals surface area contributed by atoms with E-state index in [-0.39, 0.29) is 57.5 Å². The van der Waals surface area contributed by atoms with Crippen molar-refractivity contribution in [2.24, 2.45) is 0 Å². The standard InChI is InChI=1S/C22H16O6S.C14H14O4/c23-15-4-1-11(7-18(15)26)14-10-21(12-2-5-16(24)19(27)8-12)29-22(14)13-3-6-17(25)20(28)9-13;1-8-2-3-9(5-11(8)15)4-10-6-13(17)14(18)7-12(10)16/h1-10,23-28H;2-3,5-7,15-18H,4H2,1H3. The van der Waals surface area contributed by atoms with Crippen molar-refractivity contribution >= 4 is 11.3 Å². The predicted molar refractivity (Wildman–Crippen MR) is 178 cm³/mol. The highest BCUT2D eigenvalue weighted by Crippen LogP contribution is 2.47. The molecule has 10 N–H and O–H groups in total. The first-order chi connectivity index (χ1) is 22.3. The van der Waals surface area contributed by atoms with E-state index in [4.69, 9.17) is 0 Å². The molecule has 47 heavy (non-hydrogen) atoms. The minimum Gasteiger partial charge on any atom is -0.508 e. The van der Waals surface area contributed by atoms with Gasteiger partial charge in [0.2, 0.25) is 0 Å². The highest BCUT2D eigenvalue weighted by Gasteiger charge is 2.17. The normalized spacial score (nSPS) is 10.7. The highest BCUT2D eigenvalue weighted by atomic mass is 32.1. The van der Waals surface area contributed by atoms with Gasteiger partial charge in [0.15, 0.2) is 46.0 Å². The van der Waals surface area contributed by atoms with E-state index in [0.717, 1.165) is 32.5 Å². The number of aryl methyl sites for hydroxylation is 1. The summed E-state index contributed by atoms with van der Waals surface area (Å²) in [6, 6.07) is 22.9. The van der Waals surface area contributed by atoms with E-state index in [2.05, 4.69) is 0 Å². The number of hydrogen-bond acceptors (Lipinski definition) is 11. The smallest absolute Gasteiger partial charge is 0.161 e. The SMILES string of the molecule is Cc1ccc(Cc2cc(O)c(O)cc2O)cc1O.Oc1ccc(-c2cc(-c3ccc(O)c(O)c3)c(-c3ccc(O)c(O)c3)s2)cc1O. The molecule has 5 aromatic carbocycles. The molecule has 0 aliphatic rings. The summed E-state index contributed by atoms with van der Waals surface area (Å²) in [5, 5.41) is 96.4. The molecule has 0 atom stereocenters. The average Bonchev–Trinajstić information content (AvgIpc) is 3.48. The zero-order valence-corrected chi connectivity index (χ0v) is 25.6. The molecule has 0 aliphatic heterocycles. The summed E-state index contributed by atoms with van der Waals surface area (Å²) in [5.74, 6) is -2.02. The summed E-state index contributed by atoms with van der Waals surface area (Å²) in [7, 11) is 0. The topological polar surface area (TPSA) is 202 Å². The summed E-state index contributed by atoms with van der Waals surface area (Å²) in [6.07, 6.45) is 0.355. The van der Waals surface area contributed by atoms with Gasteiger partial charge >= 0.3 is 0 Å². The molecule has 0 saturated heterocycles. The van der Waals surface area contributed by atoms with E-state index in [1.54, 1.807) is 37.3 Å². The second-order valence-corrected chi connectivity index (χ2v) is 11.8. The van der Waals surface area contributed by atoms with Crippen LogP contribution in [0.5, 0.6) is 57.5 Å². The summed E-state index contributed by atoms with van der Waals surface area (Å²) in [6.45, 7) is 1.79. The summed E-state index contributed by atoms with van der Waals surface area (Å²) >= 11 is 1.37. The molecule has 11 heteroatoms. The molecule has 0 saturated carbocycles. The Labute approximate surface area is 272 Å². The van der Waals surface area contributed by atoms with Crippen molar-refractivity contribution in [3.63, 3.8) is 0 Å². The number of thiophene rings is 1. The summed E-state index contributed by atoms with van der Waals surface area (Å²) < 4.78 is 0. The fourth-order valence-corrected chi connectivity index (χ4v) is 5.90. The Morgan fingerprint density at radius 2 is 0.936 bits per heavy atom. The number of phenolic OH excluding ortho intramolecular Hbond substituents is 10. The van der Waals surface area contributed by atoms with E-state index in [1.807, 2.05) is 12.1 Å². The zero-order valence-electron chi connectivity index (χ0n) is 24.7. The Morgan fingerprint density at radius 3 is 1.53 bits per heavy atom. The molecule has 6 rings (SSSR count). The summed E-state index contributed by atoms with van der Waals surface area (Å²) in [4.78, 5) is 1.51. The maximum absolute atomic E-state index is 9.91. The van der Waals surface area contributed by atoms with Gasteiger partial charge in [0.05, 0.1) is 0 Å². The Balaban J connectivity index is 0.000000207. The van der Waals surface area contributed by atoms with Crippen molar-refractivity contribution in [3.05, 3.63) is 108 Å². The third kappa shape index (κ3) is 7.05. The first-order valence-electron chi connectivity index (χ1n) is 14.0. The van der Waals surface area contributed by atoms with Gasteiger partial charge in [-0.3, -0.25) is 0 Å². The van der Waals surface area contributed by atoms with Crippen molar-refractivity contribution in [2.45, 2.75) is 13.3 Å². The van der Waals surface area contributed by atoms with Crippen LogP contribution in [0, 0.1) is 6.92 Å². The van der Waals surface area contributed by atoms with Gasteiger partial charge in [-0.2, -0.15) is 0 Å².